The Kier molecular flexibility index (Phi) is 4.23. The fourth-order valence-corrected chi connectivity index (χ4v) is 1.86. The molecule has 4 nitrogen and oxygen atoms in total. The lowest BCUT2D eigenvalue weighted by atomic mass is 10.3. The first-order chi connectivity index (χ1) is 8.85. The molecule has 0 radical (unpaired) electrons. The molecule has 0 aliphatic carbocycles. The molecule has 1 N–H and O–H groups in total. The van der Waals surface area contributed by atoms with Crippen molar-refractivity contribution in [1.82, 2.24) is 9.55 Å². The van der Waals surface area contributed by atoms with E-state index in [0.717, 1.165) is 24.5 Å². The molecule has 1 heterocycles. The summed E-state index contributed by atoms with van der Waals surface area (Å²) in [5, 5.41) is 3.39. The second-order valence-corrected chi connectivity index (χ2v) is 3.95. The molecule has 0 fully saturated rings. The third-order valence-electron chi connectivity index (χ3n) is 2.79. The molecule has 0 bridgehead atoms. The molecule has 0 atom stereocenters. The number of rotatable bonds is 6. The molecule has 2 aromatic rings. The van der Waals surface area contributed by atoms with Crippen LogP contribution in [-0.4, -0.2) is 16.2 Å². The van der Waals surface area contributed by atoms with Gasteiger partial charge in [0.25, 0.3) is 0 Å². The van der Waals surface area contributed by atoms with Crippen molar-refractivity contribution in [2.45, 2.75) is 26.9 Å². The monoisotopic (exact) mass is 245 g/mol. The first kappa shape index (κ1) is 12.5. The van der Waals surface area contributed by atoms with E-state index in [1.165, 1.54) is 5.69 Å². The molecule has 18 heavy (non-hydrogen) atoms. The molecule has 0 saturated carbocycles. The number of ether oxygens (including phenoxy) is 1. The van der Waals surface area contributed by atoms with Gasteiger partial charge in [-0.1, -0.05) is 12.1 Å². The number of anilines is 1. The standard InChI is InChI=1S/C14H19N3O/c1-3-17-11-15-9-12(17)10-16-13-7-5-6-8-14(13)18-4-2/h5-9,11,16H,3-4,10H2,1-2H3. The number of imidazole rings is 1. The van der Waals surface area contributed by atoms with E-state index in [1.54, 1.807) is 0 Å². The third-order valence-corrected chi connectivity index (χ3v) is 2.79. The Morgan fingerprint density at radius 1 is 1.28 bits per heavy atom. The maximum Gasteiger partial charge on any atom is 0.142 e. The summed E-state index contributed by atoms with van der Waals surface area (Å²) in [5.74, 6) is 0.891. The molecular formula is C14H19N3O. The Bertz CT molecular complexity index is 493. The molecule has 4 heteroatoms. The normalized spacial score (nSPS) is 10.3. The molecule has 1 aromatic heterocycles. The fourth-order valence-electron chi connectivity index (χ4n) is 1.86. The van der Waals surface area contributed by atoms with Gasteiger partial charge in [-0.05, 0) is 26.0 Å². The molecule has 96 valence electrons. The average Bonchev–Trinajstić information content (AvgIpc) is 2.85. The van der Waals surface area contributed by atoms with Gasteiger partial charge in [0.15, 0.2) is 0 Å². The Labute approximate surface area is 108 Å². The molecule has 0 aliphatic rings. The van der Waals surface area contributed by atoms with Crippen LogP contribution in [0.3, 0.4) is 0 Å². The summed E-state index contributed by atoms with van der Waals surface area (Å²) in [5.41, 5.74) is 2.19. The summed E-state index contributed by atoms with van der Waals surface area (Å²) in [7, 11) is 0. The lowest BCUT2D eigenvalue weighted by Gasteiger charge is -2.12. The van der Waals surface area contributed by atoms with Crippen molar-refractivity contribution in [3.8, 4) is 5.75 Å². The number of para-hydroxylation sites is 2. The Balaban J connectivity index is 2.06. The average molecular weight is 245 g/mol. The van der Waals surface area contributed by atoms with Crippen molar-refractivity contribution in [3.05, 3.63) is 42.5 Å². The maximum absolute atomic E-state index is 5.58. The van der Waals surface area contributed by atoms with Crippen LogP contribution in [0.5, 0.6) is 5.75 Å². The lowest BCUT2D eigenvalue weighted by Crippen LogP contribution is -2.07. The van der Waals surface area contributed by atoms with Gasteiger partial charge in [0.1, 0.15) is 5.75 Å². The van der Waals surface area contributed by atoms with Gasteiger partial charge < -0.3 is 14.6 Å². The van der Waals surface area contributed by atoms with E-state index in [0.29, 0.717) is 6.61 Å². The van der Waals surface area contributed by atoms with Gasteiger partial charge in [0.2, 0.25) is 0 Å². The fraction of sp³-hybridized carbons (Fsp3) is 0.357. The maximum atomic E-state index is 5.58. The van der Waals surface area contributed by atoms with Gasteiger partial charge in [-0.25, -0.2) is 4.98 Å². The molecule has 0 spiro atoms. The van der Waals surface area contributed by atoms with Gasteiger partial charge in [-0.3, -0.25) is 0 Å². The van der Waals surface area contributed by atoms with E-state index in [4.69, 9.17) is 4.74 Å². The Morgan fingerprint density at radius 2 is 2.11 bits per heavy atom. The van der Waals surface area contributed by atoms with Gasteiger partial charge in [0.05, 0.1) is 30.9 Å². The molecule has 1 aromatic carbocycles. The largest absolute Gasteiger partial charge is 0.492 e. The van der Waals surface area contributed by atoms with E-state index in [1.807, 2.05) is 43.7 Å². The van der Waals surface area contributed by atoms with E-state index >= 15 is 0 Å². The summed E-state index contributed by atoms with van der Waals surface area (Å²) in [6.45, 7) is 6.45. The highest BCUT2D eigenvalue weighted by molar-refractivity contribution is 5.56. The predicted molar refractivity (Wildman–Crippen MR) is 72.8 cm³/mol. The molecule has 0 unspecified atom stereocenters. The minimum absolute atomic E-state index is 0.672. The van der Waals surface area contributed by atoms with Gasteiger partial charge in [-0.15, -0.1) is 0 Å². The minimum atomic E-state index is 0.672. The number of aryl methyl sites for hydroxylation is 1. The quantitative estimate of drug-likeness (QED) is 0.850. The minimum Gasteiger partial charge on any atom is -0.492 e. The zero-order valence-corrected chi connectivity index (χ0v) is 10.9. The highest BCUT2D eigenvalue weighted by Crippen LogP contribution is 2.24. The van der Waals surface area contributed by atoms with Crippen LogP contribution in [0.2, 0.25) is 0 Å². The van der Waals surface area contributed by atoms with Crippen molar-refractivity contribution in [3.63, 3.8) is 0 Å². The summed E-state index contributed by atoms with van der Waals surface area (Å²) in [4.78, 5) is 4.16. The smallest absolute Gasteiger partial charge is 0.142 e. The number of nitrogens with one attached hydrogen (secondary N) is 1. The van der Waals surface area contributed by atoms with E-state index in [2.05, 4.69) is 21.8 Å². The van der Waals surface area contributed by atoms with Gasteiger partial charge in [-0.2, -0.15) is 0 Å². The zero-order valence-electron chi connectivity index (χ0n) is 10.9. The summed E-state index contributed by atoms with van der Waals surface area (Å²) < 4.78 is 7.70. The van der Waals surface area contributed by atoms with Crippen LogP contribution in [0.25, 0.3) is 0 Å². The molecule has 2 rings (SSSR count). The van der Waals surface area contributed by atoms with Crippen molar-refractivity contribution < 1.29 is 4.74 Å². The van der Waals surface area contributed by atoms with Gasteiger partial charge in [0, 0.05) is 12.7 Å². The number of hydrogen-bond acceptors (Lipinski definition) is 3. The lowest BCUT2D eigenvalue weighted by molar-refractivity contribution is 0.341. The first-order valence-corrected chi connectivity index (χ1v) is 6.29. The molecule has 0 aliphatic heterocycles. The van der Waals surface area contributed by atoms with E-state index in [-0.39, 0.29) is 0 Å². The van der Waals surface area contributed by atoms with Crippen LogP contribution in [0, 0.1) is 0 Å². The van der Waals surface area contributed by atoms with Gasteiger partial charge >= 0.3 is 0 Å². The number of benzene rings is 1. The molecule has 0 amide bonds. The molecular weight excluding hydrogens is 226 g/mol. The first-order valence-electron chi connectivity index (χ1n) is 6.29. The van der Waals surface area contributed by atoms with Crippen LogP contribution in [0.4, 0.5) is 5.69 Å². The number of nitrogens with zero attached hydrogens (tertiary/aromatic N) is 2. The van der Waals surface area contributed by atoms with Crippen LogP contribution in [-0.2, 0) is 13.1 Å². The van der Waals surface area contributed by atoms with Crippen molar-refractivity contribution >= 4 is 5.69 Å². The van der Waals surface area contributed by atoms with Crippen LogP contribution >= 0.6 is 0 Å². The second-order valence-electron chi connectivity index (χ2n) is 3.95. The topological polar surface area (TPSA) is 39.1 Å². The van der Waals surface area contributed by atoms with Crippen molar-refractivity contribution in [1.29, 1.82) is 0 Å². The third kappa shape index (κ3) is 2.83. The molecule has 0 saturated heterocycles. The van der Waals surface area contributed by atoms with E-state index in [9.17, 15) is 0 Å². The second kappa shape index (κ2) is 6.10. The number of hydrogen-bond donors (Lipinski definition) is 1. The van der Waals surface area contributed by atoms with Crippen molar-refractivity contribution in [2.24, 2.45) is 0 Å². The number of aromatic nitrogens is 2. The van der Waals surface area contributed by atoms with Crippen LogP contribution in [0.1, 0.15) is 19.5 Å². The summed E-state index contributed by atoms with van der Waals surface area (Å²) >= 11 is 0. The Hall–Kier alpha value is -1.97. The SMILES string of the molecule is CCOc1ccccc1NCc1cncn1CC. The Morgan fingerprint density at radius 3 is 2.89 bits per heavy atom. The zero-order chi connectivity index (χ0) is 12.8. The highest BCUT2D eigenvalue weighted by Gasteiger charge is 2.04. The van der Waals surface area contributed by atoms with Crippen molar-refractivity contribution in [2.75, 3.05) is 11.9 Å². The van der Waals surface area contributed by atoms with E-state index < -0.39 is 0 Å². The van der Waals surface area contributed by atoms with Crippen LogP contribution < -0.4 is 10.1 Å². The predicted octanol–water partition coefficient (Wildman–Crippen LogP) is 2.91. The summed E-state index contributed by atoms with van der Waals surface area (Å²) in [6.07, 6.45) is 3.74. The highest BCUT2D eigenvalue weighted by atomic mass is 16.5. The van der Waals surface area contributed by atoms with Crippen LogP contribution in [0.15, 0.2) is 36.8 Å². The summed E-state index contributed by atoms with van der Waals surface area (Å²) in [6, 6.07) is 7.98.